The van der Waals surface area contributed by atoms with Crippen LogP contribution in [-0.2, 0) is 11.3 Å². The first-order valence-corrected chi connectivity index (χ1v) is 7.08. The van der Waals surface area contributed by atoms with E-state index >= 15 is 0 Å². The van der Waals surface area contributed by atoms with Gasteiger partial charge in [-0.25, -0.2) is 9.97 Å². The predicted molar refractivity (Wildman–Crippen MR) is 77.4 cm³/mol. The fourth-order valence-electron chi connectivity index (χ4n) is 2.08. The first kappa shape index (κ1) is 14.1. The van der Waals surface area contributed by atoms with Gasteiger partial charge in [-0.05, 0) is 31.6 Å². The number of rotatable bonds is 8. The van der Waals surface area contributed by atoms with E-state index in [1.807, 2.05) is 20.0 Å². The van der Waals surface area contributed by atoms with E-state index in [9.17, 15) is 0 Å². The lowest BCUT2D eigenvalue weighted by atomic mass is 10.0. The van der Waals surface area contributed by atoms with Gasteiger partial charge in [0.2, 0.25) is 0 Å². The molecule has 0 bridgehead atoms. The molecule has 1 aliphatic rings. The van der Waals surface area contributed by atoms with Crippen LogP contribution < -0.4 is 10.6 Å². The molecule has 19 heavy (non-hydrogen) atoms. The first-order valence-electron chi connectivity index (χ1n) is 7.08. The Labute approximate surface area is 115 Å². The molecule has 2 rings (SSSR count). The summed E-state index contributed by atoms with van der Waals surface area (Å²) < 4.78 is 5.37. The van der Waals surface area contributed by atoms with Gasteiger partial charge in [-0.3, -0.25) is 0 Å². The van der Waals surface area contributed by atoms with Crippen LogP contribution >= 0.6 is 0 Å². The fourth-order valence-corrected chi connectivity index (χ4v) is 2.08. The summed E-state index contributed by atoms with van der Waals surface area (Å²) in [7, 11) is 1.87. The summed E-state index contributed by atoms with van der Waals surface area (Å²) in [4.78, 5) is 8.88. The summed E-state index contributed by atoms with van der Waals surface area (Å²) in [5, 5.41) is 6.51. The predicted octanol–water partition coefficient (Wildman–Crippen LogP) is 2.66. The second-order valence-corrected chi connectivity index (χ2v) is 5.15. The molecule has 1 heterocycles. The van der Waals surface area contributed by atoms with Gasteiger partial charge in [0.15, 0.2) is 5.82 Å². The van der Waals surface area contributed by atoms with Crippen LogP contribution in [0.4, 0.5) is 11.6 Å². The van der Waals surface area contributed by atoms with E-state index in [0.29, 0.717) is 18.6 Å². The molecule has 1 saturated carbocycles. The maximum absolute atomic E-state index is 5.37. The lowest BCUT2D eigenvalue weighted by Crippen LogP contribution is -2.16. The van der Waals surface area contributed by atoms with Crippen molar-refractivity contribution < 1.29 is 4.74 Å². The molecular formula is C14H24N4O. The average molecular weight is 264 g/mol. The van der Waals surface area contributed by atoms with Crippen molar-refractivity contribution in [1.82, 2.24) is 9.97 Å². The van der Waals surface area contributed by atoms with E-state index in [-0.39, 0.29) is 0 Å². The average Bonchev–Trinajstić information content (AvgIpc) is 3.23. The van der Waals surface area contributed by atoms with Gasteiger partial charge in [-0.2, -0.15) is 0 Å². The van der Waals surface area contributed by atoms with Crippen LogP contribution in [0.2, 0.25) is 0 Å². The van der Waals surface area contributed by atoms with Crippen molar-refractivity contribution in [2.75, 3.05) is 30.8 Å². The van der Waals surface area contributed by atoms with Crippen molar-refractivity contribution in [3.8, 4) is 0 Å². The highest BCUT2D eigenvalue weighted by molar-refractivity contribution is 5.47. The quantitative estimate of drug-likeness (QED) is 0.756. The highest BCUT2D eigenvalue weighted by Crippen LogP contribution is 2.48. The van der Waals surface area contributed by atoms with Gasteiger partial charge >= 0.3 is 0 Å². The minimum Gasteiger partial charge on any atom is -0.374 e. The Hall–Kier alpha value is -1.36. The number of nitrogens with zero attached hydrogens (tertiary/aromatic N) is 2. The third-order valence-corrected chi connectivity index (χ3v) is 3.82. The summed E-state index contributed by atoms with van der Waals surface area (Å²) in [5.74, 6) is 2.43. The zero-order valence-electron chi connectivity index (χ0n) is 12.1. The first-order chi connectivity index (χ1) is 9.21. The minimum atomic E-state index is 0.458. The maximum atomic E-state index is 5.37. The van der Waals surface area contributed by atoms with Crippen LogP contribution in [0.1, 0.15) is 38.9 Å². The molecule has 0 amide bonds. The van der Waals surface area contributed by atoms with Crippen molar-refractivity contribution in [3.63, 3.8) is 0 Å². The summed E-state index contributed by atoms with van der Waals surface area (Å²) in [6.45, 7) is 6.36. The minimum absolute atomic E-state index is 0.458. The Morgan fingerprint density at radius 2 is 2.00 bits per heavy atom. The maximum Gasteiger partial charge on any atom is 0.158 e. The van der Waals surface area contributed by atoms with Crippen LogP contribution in [0.15, 0.2) is 6.07 Å². The number of hydrogen-bond donors (Lipinski definition) is 2. The third-order valence-electron chi connectivity index (χ3n) is 3.82. The van der Waals surface area contributed by atoms with E-state index in [1.165, 1.54) is 19.3 Å². The Bertz CT molecular complexity index is 418. The fraction of sp³-hybridized carbons (Fsp3) is 0.714. The van der Waals surface area contributed by atoms with Gasteiger partial charge in [0.25, 0.3) is 0 Å². The number of anilines is 2. The zero-order chi connectivity index (χ0) is 13.7. The van der Waals surface area contributed by atoms with Gasteiger partial charge in [-0.1, -0.05) is 6.92 Å². The Balaban J connectivity index is 2.01. The van der Waals surface area contributed by atoms with Gasteiger partial charge in [-0.15, -0.1) is 0 Å². The molecule has 2 N–H and O–H groups in total. The molecule has 5 nitrogen and oxygen atoms in total. The van der Waals surface area contributed by atoms with Crippen molar-refractivity contribution in [2.24, 2.45) is 5.41 Å². The Morgan fingerprint density at radius 1 is 1.26 bits per heavy atom. The monoisotopic (exact) mass is 264 g/mol. The zero-order valence-corrected chi connectivity index (χ0v) is 12.1. The molecule has 1 aromatic rings. The van der Waals surface area contributed by atoms with Gasteiger partial charge < -0.3 is 15.4 Å². The molecule has 1 fully saturated rings. The van der Waals surface area contributed by atoms with Crippen LogP contribution in [-0.4, -0.2) is 30.2 Å². The highest BCUT2D eigenvalue weighted by atomic mass is 16.5. The molecule has 0 aromatic carbocycles. The second-order valence-electron chi connectivity index (χ2n) is 5.15. The molecule has 106 valence electrons. The summed E-state index contributed by atoms with van der Waals surface area (Å²) in [5.41, 5.74) is 0.505. The van der Waals surface area contributed by atoms with E-state index < -0.39 is 0 Å². The summed E-state index contributed by atoms with van der Waals surface area (Å²) in [6, 6.07) is 1.95. The van der Waals surface area contributed by atoms with Crippen molar-refractivity contribution in [2.45, 2.75) is 39.7 Å². The number of ether oxygens (including phenoxy) is 1. The molecule has 0 saturated heterocycles. The van der Waals surface area contributed by atoms with Crippen molar-refractivity contribution in [3.05, 3.63) is 11.9 Å². The van der Waals surface area contributed by atoms with Gasteiger partial charge in [0.1, 0.15) is 18.2 Å². The number of aromatic nitrogens is 2. The second kappa shape index (κ2) is 6.19. The van der Waals surface area contributed by atoms with E-state index in [0.717, 1.165) is 24.0 Å². The molecule has 0 radical (unpaired) electrons. The molecule has 5 heteroatoms. The molecule has 0 atom stereocenters. The largest absolute Gasteiger partial charge is 0.374 e. The molecule has 0 unspecified atom stereocenters. The normalized spacial score (nSPS) is 16.2. The third kappa shape index (κ3) is 3.80. The standard InChI is InChI=1S/C14H24N4O/c1-4-14(6-7-14)10-16-12-8-11(15-3)17-13(18-12)9-19-5-2/h8H,4-7,9-10H2,1-3H3,(H2,15,16,17,18). The van der Waals surface area contributed by atoms with Crippen LogP contribution in [0.25, 0.3) is 0 Å². The molecule has 1 aliphatic carbocycles. The van der Waals surface area contributed by atoms with Gasteiger partial charge in [0.05, 0.1) is 0 Å². The van der Waals surface area contributed by atoms with E-state index in [1.54, 1.807) is 0 Å². The van der Waals surface area contributed by atoms with Gasteiger partial charge in [0, 0.05) is 26.3 Å². The van der Waals surface area contributed by atoms with Crippen molar-refractivity contribution >= 4 is 11.6 Å². The SMILES string of the molecule is CCOCc1nc(NC)cc(NCC2(CC)CC2)n1. The molecular weight excluding hydrogens is 240 g/mol. The Kier molecular flexibility index (Phi) is 4.58. The van der Waals surface area contributed by atoms with Crippen molar-refractivity contribution in [1.29, 1.82) is 0 Å². The summed E-state index contributed by atoms with van der Waals surface area (Å²) >= 11 is 0. The highest BCUT2D eigenvalue weighted by Gasteiger charge is 2.40. The smallest absolute Gasteiger partial charge is 0.158 e. The topological polar surface area (TPSA) is 59.1 Å². The molecule has 0 spiro atoms. The van der Waals surface area contributed by atoms with E-state index in [4.69, 9.17) is 4.74 Å². The van der Waals surface area contributed by atoms with Crippen LogP contribution in [0.3, 0.4) is 0 Å². The van der Waals surface area contributed by atoms with E-state index in [2.05, 4.69) is 27.5 Å². The summed E-state index contributed by atoms with van der Waals surface area (Å²) in [6.07, 6.45) is 3.88. The lowest BCUT2D eigenvalue weighted by Gasteiger charge is -2.15. The number of hydrogen-bond acceptors (Lipinski definition) is 5. The molecule has 0 aliphatic heterocycles. The molecule has 1 aromatic heterocycles. The van der Waals surface area contributed by atoms with Crippen LogP contribution in [0.5, 0.6) is 0 Å². The lowest BCUT2D eigenvalue weighted by molar-refractivity contribution is 0.128. The Morgan fingerprint density at radius 3 is 2.58 bits per heavy atom. The number of nitrogens with one attached hydrogen (secondary N) is 2. The van der Waals surface area contributed by atoms with Crippen LogP contribution in [0, 0.1) is 5.41 Å².